The second kappa shape index (κ2) is 9.35. The zero-order valence-electron chi connectivity index (χ0n) is 17.4. The van der Waals surface area contributed by atoms with Crippen LogP contribution >= 0.6 is 15.9 Å². The average molecular weight is 479 g/mol. The Morgan fingerprint density at radius 2 is 1.77 bits per heavy atom. The topological polar surface area (TPSA) is 51.1 Å². The molecule has 31 heavy (non-hydrogen) atoms. The molecule has 3 aromatic rings. The molecule has 0 aromatic heterocycles. The molecule has 0 saturated carbocycles. The largest absolute Gasteiger partial charge is 0.497 e. The maximum absolute atomic E-state index is 12.0. The highest BCUT2D eigenvalue weighted by Gasteiger charge is 2.32. The molecule has 1 aliphatic heterocycles. The number of fused-ring (bicyclic) bond motifs is 1. The zero-order valence-corrected chi connectivity index (χ0v) is 19.0. The molecule has 0 fully saturated rings. The molecule has 5 nitrogen and oxygen atoms in total. The first-order valence-electron chi connectivity index (χ1n) is 10.0. The summed E-state index contributed by atoms with van der Waals surface area (Å²) in [5, 5.41) is 0. The van der Waals surface area contributed by atoms with Gasteiger partial charge in [-0.1, -0.05) is 46.3 Å². The van der Waals surface area contributed by atoms with Crippen LogP contribution in [0, 0.1) is 0 Å². The summed E-state index contributed by atoms with van der Waals surface area (Å²) in [7, 11) is 3.06. The first kappa shape index (κ1) is 21.1. The van der Waals surface area contributed by atoms with Crippen molar-refractivity contribution >= 4 is 33.4 Å². The Hall–Kier alpha value is -3.12. The fraction of sp³-hybridized carbons (Fsp3) is 0.200. The van der Waals surface area contributed by atoms with Crippen LogP contribution in [0.3, 0.4) is 0 Å². The Bertz CT molecular complexity index is 1100. The molecule has 1 heterocycles. The smallest absolute Gasteiger partial charge is 0.307 e. The zero-order chi connectivity index (χ0) is 21.8. The van der Waals surface area contributed by atoms with Gasteiger partial charge in [-0.25, -0.2) is 4.99 Å². The number of halogens is 1. The number of carbonyl (C=O) groups is 1. The first-order valence-corrected chi connectivity index (χ1v) is 10.8. The van der Waals surface area contributed by atoms with E-state index >= 15 is 0 Å². The lowest BCUT2D eigenvalue weighted by molar-refractivity contribution is -0.140. The van der Waals surface area contributed by atoms with Crippen molar-refractivity contribution in [2.24, 2.45) is 4.99 Å². The van der Waals surface area contributed by atoms with E-state index in [1.54, 1.807) is 7.11 Å². The number of benzene rings is 3. The van der Waals surface area contributed by atoms with Crippen LogP contribution in [0.15, 0.2) is 82.3 Å². The second-order valence-corrected chi connectivity index (χ2v) is 8.12. The molecule has 0 saturated heterocycles. The van der Waals surface area contributed by atoms with E-state index in [4.69, 9.17) is 14.5 Å². The van der Waals surface area contributed by atoms with Crippen LogP contribution in [-0.2, 0) is 9.53 Å². The quantitative estimate of drug-likeness (QED) is 0.438. The Morgan fingerprint density at radius 3 is 2.45 bits per heavy atom. The van der Waals surface area contributed by atoms with Crippen LogP contribution < -0.4 is 4.74 Å². The van der Waals surface area contributed by atoms with Gasteiger partial charge < -0.3 is 14.4 Å². The van der Waals surface area contributed by atoms with Crippen LogP contribution in [0.2, 0.25) is 0 Å². The summed E-state index contributed by atoms with van der Waals surface area (Å²) in [6.07, 6.45) is 0.262. The van der Waals surface area contributed by atoms with E-state index in [9.17, 15) is 4.79 Å². The van der Waals surface area contributed by atoms with Gasteiger partial charge in [-0.2, -0.15) is 0 Å². The van der Waals surface area contributed by atoms with E-state index < -0.39 is 0 Å². The summed E-state index contributed by atoms with van der Waals surface area (Å²) in [4.78, 5) is 19.2. The van der Waals surface area contributed by atoms with Gasteiger partial charge in [0, 0.05) is 22.1 Å². The predicted molar refractivity (Wildman–Crippen MR) is 125 cm³/mol. The normalized spacial score (nSPS) is 15.1. The molecular weight excluding hydrogens is 456 g/mol. The standard InChI is InChI=1S/C25H23BrN2O3/c1-30-20-11-8-18(9-12-20)25-27-22-13-10-19(26)16-21(22)24(17-6-4-3-5-7-17)28(25)15-14-23(29)31-2/h3-13,16,24H,14-15H2,1-2H3. The molecule has 0 radical (unpaired) electrons. The Labute approximate surface area is 190 Å². The molecule has 0 N–H and O–H groups in total. The molecule has 158 valence electrons. The van der Waals surface area contributed by atoms with Crippen LogP contribution in [0.4, 0.5) is 5.69 Å². The number of ether oxygens (including phenoxy) is 2. The first-order chi connectivity index (χ1) is 15.1. The maximum atomic E-state index is 12.0. The summed E-state index contributed by atoms with van der Waals surface area (Å²) in [5.41, 5.74) is 4.09. The number of esters is 1. The Kier molecular flexibility index (Phi) is 6.37. The van der Waals surface area contributed by atoms with Gasteiger partial charge in [-0.05, 0) is 48.0 Å². The average Bonchev–Trinajstić information content (AvgIpc) is 2.82. The maximum Gasteiger partial charge on any atom is 0.307 e. The third kappa shape index (κ3) is 4.49. The summed E-state index contributed by atoms with van der Waals surface area (Å²) in [6.45, 7) is 0.475. The predicted octanol–water partition coefficient (Wildman–Crippen LogP) is 5.50. The van der Waals surface area contributed by atoms with E-state index in [2.05, 4.69) is 39.0 Å². The molecule has 0 aliphatic carbocycles. The van der Waals surface area contributed by atoms with Crippen LogP contribution in [0.5, 0.6) is 5.75 Å². The summed E-state index contributed by atoms with van der Waals surface area (Å²) in [6, 6.07) is 24.2. The number of carbonyl (C=O) groups excluding carboxylic acids is 1. The number of rotatable bonds is 6. The van der Waals surface area contributed by atoms with E-state index in [-0.39, 0.29) is 18.4 Å². The number of methoxy groups -OCH3 is 2. The van der Waals surface area contributed by atoms with Gasteiger partial charge in [0.2, 0.25) is 0 Å². The van der Waals surface area contributed by atoms with Crippen molar-refractivity contribution in [1.29, 1.82) is 0 Å². The molecule has 1 unspecified atom stereocenters. The van der Waals surface area contributed by atoms with Crippen molar-refractivity contribution in [3.63, 3.8) is 0 Å². The van der Waals surface area contributed by atoms with Gasteiger partial charge in [-0.15, -0.1) is 0 Å². The van der Waals surface area contributed by atoms with Gasteiger partial charge >= 0.3 is 5.97 Å². The molecule has 6 heteroatoms. The van der Waals surface area contributed by atoms with Crippen molar-refractivity contribution in [2.75, 3.05) is 20.8 Å². The second-order valence-electron chi connectivity index (χ2n) is 7.20. The number of hydrogen-bond donors (Lipinski definition) is 0. The Balaban J connectivity index is 1.87. The minimum atomic E-state index is -0.249. The van der Waals surface area contributed by atoms with Crippen LogP contribution in [-0.4, -0.2) is 37.5 Å². The third-order valence-electron chi connectivity index (χ3n) is 5.34. The summed E-state index contributed by atoms with van der Waals surface area (Å²) < 4.78 is 11.2. The van der Waals surface area contributed by atoms with Gasteiger partial charge in [0.1, 0.15) is 11.6 Å². The minimum Gasteiger partial charge on any atom is -0.497 e. The molecule has 0 spiro atoms. The molecule has 0 amide bonds. The van der Waals surface area contributed by atoms with Crippen molar-refractivity contribution < 1.29 is 14.3 Å². The van der Waals surface area contributed by atoms with Crippen molar-refractivity contribution in [3.05, 3.63) is 94.0 Å². The summed E-state index contributed by atoms with van der Waals surface area (Å²) in [5.74, 6) is 1.35. The van der Waals surface area contributed by atoms with Crippen LogP contribution in [0.1, 0.15) is 29.2 Å². The minimum absolute atomic E-state index is 0.0899. The van der Waals surface area contributed by atoms with Gasteiger partial charge in [-0.3, -0.25) is 4.79 Å². The highest BCUT2D eigenvalue weighted by molar-refractivity contribution is 9.10. The SMILES string of the molecule is COC(=O)CCN1C(c2ccc(OC)cc2)=Nc2ccc(Br)cc2C1c1ccccc1. The lowest BCUT2D eigenvalue weighted by Gasteiger charge is -2.39. The van der Waals surface area contributed by atoms with E-state index in [1.165, 1.54) is 7.11 Å². The van der Waals surface area contributed by atoms with Crippen molar-refractivity contribution in [3.8, 4) is 5.75 Å². The monoisotopic (exact) mass is 478 g/mol. The van der Waals surface area contributed by atoms with Crippen molar-refractivity contribution in [1.82, 2.24) is 4.90 Å². The Morgan fingerprint density at radius 1 is 1.03 bits per heavy atom. The van der Waals surface area contributed by atoms with E-state index in [0.717, 1.165) is 38.4 Å². The number of aliphatic imine (C=N–C) groups is 1. The van der Waals surface area contributed by atoms with Crippen LogP contribution in [0.25, 0.3) is 0 Å². The molecule has 1 atom stereocenters. The fourth-order valence-electron chi connectivity index (χ4n) is 3.83. The molecule has 0 bridgehead atoms. The van der Waals surface area contributed by atoms with E-state index in [0.29, 0.717) is 6.54 Å². The fourth-order valence-corrected chi connectivity index (χ4v) is 4.21. The molecular formula is C25H23BrN2O3. The molecule has 3 aromatic carbocycles. The number of amidine groups is 1. The van der Waals surface area contributed by atoms with Gasteiger partial charge in [0.15, 0.2) is 0 Å². The van der Waals surface area contributed by atoms with Gasteiger partial charge in [0.05, 0.1) is 32.4 Å². The molecule has 4 rings (SSSR count). The van der Waals surface area contributed by atoms with E-state index in [1.807, 2.05) is 54.6 Å². The van der Waals surface area contributed by atoms with Crippen molar-refractivity contribution in [2.45, 2.75) is 12.5 Å². The third-order valence-corrected chi connectivity index (χ3v) is 5.84. The summed E-state index contributed by atoms with van der Waals surface area (Å²) >= 11 is 3.60. The molecule has 1 aliphatic rings. The number of hydrogen-bond acceptors (Lipinski definition) is 5. The van der Waals surface area contributed by atoms with Gasteiger partial charge in [0.25, 0.3) is 0 Å². The lowest BCUT2D eigenvalue weighted by Crippen LogP contribution is -2.39. The lowest BCUT2D eigenvalue weighted by atomic mass is 9.92. The highest BCUT2D eigenvalue weighted by atomic mass is 79.9. The number of nitrogens with zero attached hydrogens (tertiary/aromatic N) is 2. The highest BCUT2D eigenvalue weighted by Crippen LogP contribution is 2.41.